The number of carbonyl (C=O) groups is 1. The van der Waals surface area contributed by atoms with Crippen LogP contribution in [0.3, 0.4) is 0 Å². The van der Waals surface area contributed by atoms with Gasteiger partial charge < -0.3 is 10.6 Å². The smallest absolute Gasteiger partial charge is 0.256 e. The van der Waals surface area contributed by atoms with E-state index in [0.29, 0.717) is 18.5 Å². The summed E-state index contributed by atoms with van der Waals surface area (Å²) in [6.07, 6.45) is 2.16. The second-order valence-corrected chi connectivity index (χ2v) is 8.47. The summed E-state index contributed by atoms with van der Waals surface area (Å²) in [4.78, 5) is 14.5. The number of likely N-dealkylation sites (tertiary alicyclic amines) is 1. The van der Waals surface area contributed by atoms with Crippen molar-refractivity contribution in [3.8, 4) is 0 Å². The number of hydrogen-bond acceptors (Lipinski definition) is 3. The topological polar surface area (TPSA) is 46.3 Å². The Hall–Kier alpha value is 0.0900. The Morgan fingerprint density at radius 1 is 1.56 bits per heavy atom. The summed E-state index contributed by atoms with van der Waals surface area (Å²) in [5.41, 5.74) is 6.48. The number of hydrogen-bond donors (Lipinski definition) is 1. The van der Waals surface area contributed by atoms with Crippen molar-refractivity contribution < 1.29 is 4.79 Å². The van der Waals surface area contributed by atoms with Crippen LogP contribution in [0.2, 0.25) is 0 Å². The molecular formula is C12H16Br2N2OS. The van der Waals surface area contributed by atoms with E-state index in [9.17, 15) is 4.79 Å². The first kappa shape index (κ1) is 14.5. The van der Waals surface area contributed by atoms with Crippen molar-refractivity contribution in [2.24, 2.45) is 11.7 Å². The largest absolute Gasteiger partial charge is 0.336 e. The molecule has 1 amide bonds. The monoisotopic (exact) mass is 394 g/mol. The summed E-state index contributed by atoms with van der Waals surface area (Å²) in [6, 6.07) is 2.18. The number of nitrogens with two attached hydrogens (primary N) is 1. The molecule has 6 heteroatoms. The number of nitrogens with zero attached hydrogens (tertiary/aromatic N) is 1. The van der Waals surface area contributed by atoms with E-state index in [0.717, 1.165) is 32.5 Å². The van der Waals surface area contributed by atoms with E-state index in [-0.39, 0.29) is 5.91 Å². The highest BCUT2D eigenvalue weighted by Gasteiger charge is 2.30. The molecule has 2 heterocycles. The average molecular weight is 396 g/mol. The lowest BCUT2D eigenvalue weighted by Crippen LogP contribution is -2.47. The lowest BCUT2D eigenvalue weighted by Gasteiger charge is -2.37. The van der Waals surface area contributed by atoms with E-state index in [1.54, 1.807) is 0 Å². The maximum atomic E-state index is 12.5. The molecule has 0 aliphatic carbocycles. The molecule has 2 rings (SSSR count). The van der Waals surface area contributed by atoms with Gasteiger partial charge in [-0.2, -0.15) is 0 Å². The predicted molar refractivity (Wildman–Crippen MR) is 82.0 cm³/mol. The first-order valence-corrected chi connectivity index (χ1v) is 8.39. The van der Waals surface area contributed by atoms with Gasteiger partial charge in [0.25, 0.3) is 5.91 Å². The molecule has 18 heavy (non-hydrogen) atoms. The second kappa shape index (κ2) is 6.03. The van der Waals surface area contributed by atoms with Gasteiger partial charge in [-0.25, -0.2) is 0 Å². The summed E-state index contributed by atoms with van der Waals surface area (Å²) in [7, 11) is 0. The third-order valence-electron chi connectivity index (χ3n) is 3.46. The Labute approximate surface area is 128 Å². The number of piperidine rings is 1. The predicted octanol–water partition coefficient (Wildman–Crippen LogP) is 3.47. The van der Waals surface area contributed by atoms with Crippen LogP contribution in [-0.2, 0) is 0 Å². The fourth-order valence-corrected chi connectivity index (χ4v) is 5.08. The maximum Gasteiger partial charge on any atom is 0.256 e. The van der Waals surface area contributed by atoms with Gasteiger partial charge in [0.15, 0.2) is 0 Å². The van der Waals surface area contributed by atoms with Crippen LogP contribution in [0.4, 0.5) is 0 Å². The van der Waals surface area contributed by atoms with Gasteiger partial charge in [-0.1, -0.05) is 0 Å². The maximum absolute atomic E-state index is 12.5. The van der Waals surface area contributed by atoms with Crippen LogP contribution in [-0.4, -0.2) is 29.9 Å². The molecule has 0 spiro atoms. The van der Waals surface area contributed by atoms with Crippen LogP contribution >= 0.6 is 43.2 Å². The molecule has 0 bridgehead atoms. The highest BCUT2D eigenvalue weighted by atomic mass is 79.9. The Morgan fingerprint density at radius 2 is 2.28 bits per heavy atom. The van der Waals surface area contributed by atoms with E-state index >= 15 is 0 Å². The van der Waals surface area contributed by atoms with Gasteiger partial charge in [-0.05, 0) is 70.2 Å². The quantitative estimate of drug-likeness (QED) is 0.833. The molecule has 2 atom stereocenters. The third-order valence-corrected chi connectivity index (χ3v) is 5.80. The summed E-state index contributed by atoms with van der Waals surface area (Å²) in [5.74, 6) is 0.542. The molecule has 100 valence electrons. The van der Waals surface area contributed by atoms with Crippen molar-refractivity contribution in [1.82, 2.24) is 4.90 Å². The molecule has 0 saturated carbocycles. The van der Waals surface area contributed by atoms with Crippen LogP contribution in [0.1, 0.15) is 30.1 Å². The molecule has 0 aromatic carbocycles. The van der Waals surface area contributed by atoms with Crippen LogP contribution in [0.15, 0.2) is 13.6 Å². The van der Waals surface area contributed by atoms with Crippen molar-refractivity contribution >= 4 is 49.1 Å². The fraction of sp³-hybridized carbons (Fsp3) is 0.583. The van der Waals surface area contributed by atoms with Crippen LogP contribution in [0.25, 0.3) is 0 Å². The zero-order chi connectivity index (χ0) is 13.3. The highest BCUT2D eigenvalue weighted by molar-refractivity contribution is 9.12. The van der Waals surface area contributed by atoms with Gasteiger partial charge in [-0.3, -0.25) is 4.79 Å². The lowest BCUT2D eigenvalue weighted by atomic mass is 9.93. The average Bonchev–Trinajstić information content (AvgIpc) is 2.68. The molecule has 1 aliphatic rings. The van der Waals surface area contributed by atoms with E-state index < -0.39 is 0 Å². The minimum absolute atomic E-state index is 0.106. The third kappa shape index (κ3) is 2.98. The van der Waals surface area contributed by atoms with Gasteiger partial charge >= 0.3 is 0 Å². The molecular weight excluding hydrogens is 380 g/mol. The Kier molecular flexibility index (Phi) is 4.86. The Bertz CT molecular complexity index is 449. The molecule has 1 saturated heterocycles. The van der Waals surface area contributed by atoms with Crippen LogP contribution in [0, 0.1) is 5.92 Å². The second-order valence-electron chi connectivity index (χ2n) is 4.72. The number of amides is 1. The molecule has 1 fully saturated rings. The molecule has 1 aromatic rings. The SMILES string of the molecule is CC1CCC(CN)CN1C(=O)c1cc(Br)sc1Br. The lowest BCUT2D eigenvalue weighted by molar-refractivity contribution is 0.0566. The van der Waals surface area contributed by atoms with Crippen molar-refractivity contribution in [3.05, 3.63) is 19.2 Å². The summed E-state index contributed by atoms with van der Waals surface area (Å²) in [5, 5.41) is 0. The first-order valence-electron chi connectivity index (χ1n) is 5.98. The summed E-state index contributed by atoms with van der Waals surface area (Å²) in [6.45, 7) is 3.54. The Morgan fingerprint density at radius 3 is 2.83 bits per heavy atom. The molecule has 1 aromatic heterocycles. The van der Waals surface area contributed by atoms with Crippen molar-refractivity contribution in [1.29, 1.82) is 0 Å². The van der Waals surface area contributed by atoms with Crippen molar-refractivity contribution in [3.63, 3.8) is 0 Å². The normalized spacial score (nSPS) is 24.3. The minimum atomic E-state index is 0.106. The van der Waals surface area contributed by atoms with Gasteiger partial charge in [0.2, 0.25) is 0 Å². The zero-order valence-electron chi connectivity index (χ0n) is 10.2. The zero-order valence-corrected chi connectivity index (χ0v) is 14.1. The van der Waals surface area contributed by atoms with Gasteiger partial charge in [0.05, 0.1) is 13.1 Å². The van der Waals surface area contributed by atoms with Gasteiger partial charge in [0, 0.05) is 12.6 Å². The molecule has 2 N–H and O–H groups in total. The van der Waals surface area contributed by atoms with Crippen molar-refractivity contribution in [2.45, 2.75) is 25.8 Å². The molecule has 1 aliphatic heterocycles. The van der Waals surface area contributed by atoms with Crippen LogP contribution < -0.4 is 5.73 Å². The van der Waals surface area contributed by atoms with E-state index in [2.05, 4.69) is 38.8 Å². The molecule has 3 nitrogen and oxygen atoms in total. The number of rotatable bonds is 2. The minimum Gasteiger partial charge on any atom is -0.336 e. The summed E-state index contributed by atoms with van der Waals surface area (Å²) < 4.78 is 1.86. The number of halogens is 2. The van der Waals surface area contributed by atoms with Gasteiger partial charge in [0.1, 0.15) is 0 Å². The van der Waals surface area contributed by atoms with E-state index in [1.807, 2.05) is 11.0 Å². The van der Waals surface area contributed by atoms with E-state index in [1.165, 1.54) is 11.3 Å². The Balaban J connectivity index is 2.19. The molecule has 2 unspecified atom stereocenters. The number of carbonyl (C=O) groups excluding carboxylic acids is 1. The first-order chi connectivity index (χ1) is 8.52. The fourth-order valence-electron chi connectivity index (χ4n) is 2.30. The highest BCUT2D eigenvalue weighted by Crippen LogP contribution is 2.34. The van der Waals surface area contributed by atoms with E-state index in [4.69, 9.17) is 5.73 Å². The molecule has 0 radical (unpaired) electrons. The van der Waals surface area contributed by atoms with Crippen LogP contribution in [0.5, 0.6) is 0 Å². The standard InChI is InChI=1S/C12H16Br2N2OS/c1-7-2-3-8(5-15)6-16(7)12(17)9-4-10(13)18-11(9)14/h4,7-8H,2-3,5-6,15H2,1H3. The number of thiophene rings is 1. The summed E-state index contributed by atoms with van der Waals surface area (Å²) >= 11 is 8.40. The van der Waals surface area contributed by atoms with Crippen molar-refractivity contribution in [2.75, 3.05) is 13.1 Å². The van der Waals surface area contributed by atoms with Gasteiger partial charge in [-0.15, -0.1) is 11.3 Å².